The van der Waals surface area contributed by atoms with Gasteiger partial charge >= 0.3 is 5.97 Å². The quantitative estimate of drug-likeness (QED) is 0.763. The number of carbonyl (C=O) groups excluding carboxylic acids is 1. The first kappa shape index (κ1) is 17.6. The number of anilines is 1. The van der Waals surface area contributed by atoms with E-state index in [0.29, 0.717) is 19.3 Å². The molecule has 0 saturated carbocycles. The standard InChI is InChI=1S/C20H28N2O4/c1-24-18-5-3-16(4-6-18)21-9-7-17(8-10-21)22-11-15-12-26-14-20(15,13-22)19(23)25-2/h3-6,15,17H,7-14H2,1-2H3/t15-,20-/m0/s1. The van der Waals surface area contributed by atoms with Crippen LogP contribution < -0.4 is 9.64 Å². The third-order valence-corrected chi connectivity index (χ3v) is 6.41. The number of hydrogen-bond donors (Lipinski definition) is 0. The van der Waals surface area contributed by atoms with E-state index < -0.39 is 5.41 Å². The number of rotatable bonds is 4. The Kier molecular flexibility index (Phi) is 4.80. The predicted molar refractivity (Wildman–Crippen MR) is 98.6 cm³/mol. The lowest BCUT2D eigenvalue weighted by atomic mass is 9.81. The highest BCUT2D eigenvalue weighted by Gasteiger charge is 2.57. The normalized spacial score (nSPS) is 29.6. The van der Waals surface area contributed by atoms with Crippen molar-refractivity contribution in [2.45, 2.75) is 18.9 Å². The first-order chi connectivity index (χ1) is 12.7. The number of hydrogen-bond acceptors (Lipinski definition) is 6. The van der Waals surface area contributed by atoms with Crippen LogP contribution in [-0.4, -0.2) is 70.5 Å². The summed E-state index contributed by atoms with van der Waals surface area (Å²) in [6.45, 7) is 4.99. The van der Waals surface area contributed by atoms with Crippen LogP contribution in [0.4, 0.5) is 5.69 Å². The highest BCUT2D eigenvalue weighted by atomic mass is 16.5. The van der Waals surface area contributed by atoms with Crippen LogP contribution in [0.5, 0.6) is 5.75 Å². The van der Waals surface area contributed by atoms with Crippen molar-refractivity contribution in [3.8, 4) is 5.75 Å². The molecule has 3 saturated heterocycles. The lowest BCUT2D eigenvalue weighted by Gasteiger charge is -2.38. The second kappa shape index (κ2) is 7.08. The molecule has 0 radical (unpaired) electrons. The van der Waals surface area contributed by atoms with Gasteiger partial charge in [0.05, 0.1) is 27.4 Å². The van der Waals surface area contributed by atoms with Gasteiger partial charge in [-0.25, -0.2) is 0 Å². The Morgan fingerprint density at radius 3 is 2.58 bits per heavy atom. The second-order valence-corrected chi connectivity index (χ2v) is 7.71. The lowest BCUT2D eigenvalue weighted by Crippen LogP contribution is -2.46. The van der Waals surface area contributed by atoms with E-state index in [0.717, 1.165) is 44.8 Å². The van der Waals surface area contributed by atoms with Crippen molar-refractivity contribution in [3.63, 3.8) is 0 Å². The van der Waals surface area contributed by atoms with Crippen molar-refractivity contribution in [3.05, 3.63) is 24.3 Å². The number of benzene rings is 1. The van der Waals surface area contributed by atoms with Crippen LogP contribution in [0.1, 0.15) is 12.8 Å². The molecule has 0 aromatic heterocycles. The van der Waals surface area contributed by atoms with Gasteiger partial charge in [-0.2, -0.15) is 0 Å². The van der Waals surface area contributed by atoms with Crippen molar-refractivity contribution < 1.29 is 19.0 Å². The van der Waals surface area contributed by atoms with Gasteiger partial charge in [0, 0.05) is 43.8 Å². The second-order valence-electron chi connectivity index (χ2n) is 7.71. The summed E-state index contributed by atoms with van der Waals surface area (Å²) in [5, 5.41) is 0. The molecule has 3 heterocycles. The predicted octanol–water partition coefficient (Wildman–Crippen LogP) is 1.79. The molecule has 3 fully saturated rings. The van der Waals surface area contributed by atoms with Crippen LogP contribution in [0, 0.1) is 11.3 Å². The zero-order chi connectivity index (χ0) is 18.1. The van der Waals surface area contributed by atoms with Crippen molar-refractivity contribution in [1.29, 1.82) is 0 Å². The van der Waals surface area contributed by atoms with E-state index in [4.69, 9.17) is 14.2 Å². The summed E-state index contributed by atoms with van der Waals surface area (Å²) in [6, 6.07) is 8.83. The Bertz CT molecular complexity index is 642. The molecule has 26 heavy (non-hydrogen) atoms. The minimum absolute atomic E-state index is 0.0989. The van der Waals surface area contributed by atoms with Crippen molar-refractivity contribution in [1.82, 2.24) is 4.90 Å². The molecule has 3 aliphatic rings. The summed E-state index contributed by atoms with van der Waals surface area (Å²) in [4.78, 5) is 17.3. The molecule has 4 rings (SSSR count). The first-order valence-electron chi connectivity index (χ1n) is 9.45. The molecule has 0 spiro atoms. The Morgan fingerprint density at radius 1 is 1.19 bits per heavy atom. The van der Waals surface area contributed by atoms with Crippen LogP contribution >= 0.6 is 0 Å². The molecule has 0 amide bonds. The fourth-order valence-electron chi connectivity index (χ4n) is 4.83. The highest BCUT2D eigenvalue weighted by Crippen LogP contribution is 2.44. The molecule has 0 unspecified atom stereocenters. The molecule has 6 nitrogen and oxygen atoms in total. The fourth-order valence-corrected chi connectivity index (χ4v) is 4.83. The molecule has 0 aliphatic carbocycles. The summed E-state index contributed by atoms with van der Waals surface area (Å²) < 4.78 is 16.0. The minimum atomic E-state index is -0.443. The van der Waals surface area contributed by atoms with Crippen molar-refractivity contribution in [2.24, 2.45) is 11.3 Å². The minimum Gasteiger partial charge on any atom is -0.497 e. The Hall–Kier alpha value is -1.79. The molecule has 0 N–H and O–H groups in total. The van der Waals surface area contributed by atoms with Crippen LogP contribution in [0.2, 0.25) is 0 Å². The van der Waals surface area contributed by atoms with E-state index >= 15 is 0 Å². The largest absolute Gasteiger partial charge is 0.497 e. The Morgan fingerprint density at radius 2 is 1.92 bits per heavy atom. The van der Waals surface area contributed by atoms with Crippen LogP contribution in [0.25, 0.3) is 0 Å². The van der Waals surface area contributed by atoms with E-state index in [-0.39, 0.29) is 11.9 Å². The summed E-state index contributed by atoms with van der Waals surface area (Å²) >= 11 is 0. The van der Waals surface area contributed by atoms with Gasteiger partial charge in [0.2, 0.25) is 0 Å². The first-order valence-corrected chi connectivity index (χ1v) is 9.45. The number of methoxy groups -OCH3 is 2. The van der Waals surface area contributed by atoms with Gasteiger partial charge in [0.15, 0.2) is 0 Å². The number of esters is 1. The average molecular weight is 360 g/mol. The molecule has 2 atom stereocenters. The van der Waals surface area contributed by atoms with E-state index in [1.807, 2.05) is 12.1 Å². The fraction of sp³-hybridized carbons (Fsp3) is 0.650. The number of piperidine rings is 1. The number of carbonyl (C=O) groups is 1. The number of ether oxygens (including phenoxy) is 3. The molecule has 0 bridgehead atoms. The van der Waals surface area contributed by atoms with Gasteiger partial charge in [0.1, 0.15) is 11.2 Å². The molecular weight excluding hydrogens is 332 g/mol. The van der Waals surface area contributed by atoms with E-state index in [2.05, 4.69) is 21.9 Å². The molecule has 6 heteroatoms. The maximum absolute atomic E-state index is 12.4. The summed E-state index contributed by atoms with van der Waals surface area (Å²) in [5.74, 6) is 1.07. The van der Waals surface area contributed by atoms with E-state index in [9.17, 15) is 4.79 Å². The zero-order valence-corrected chi connectivity index (χ0v) is 15.6. The summed E-state index contributed by atoms with van der Waals surface area (Å²) in [5.41, 5.74) is 0.809. The SMILES string of the molecule is COC(=O)[C@@]12COC[C@@H]1CN(C1CCN(c3ccc(OC)cc3)CC1)C2. The van der Waals surface area contributed by atoms with Gasteiger partial charge in [-0.05, 0) is 37.1 Å². The Balaban J connectivity index is 1.37. The number of fused-ring (bicyclic) bond motifs is 1. The third kappa shape index (κ3) is 2.95. The van der Waals surface area contributed by atoms with Crippen LogP contribution in [0.3, 0.4) is 0 Å². The average Bonchev–Trinajstić information content (AvgIpc) is 3.26. The summed E-state index contributed by atoms with van der Waals surface area (Å²) in [7, 11) is 3.18. The van der Waals surface area contributed by atoms with Gasteiger partial charge in [0.25, 0.3) is 0 Å². The van der Waals surface area contributed by atoms with Crippen molar-refractivity contribution >= 4 is 11.7 Å². The molecular formula is C20H28N2O4. The van der Waals surface area contributed by atoms with Gasteiger partial charge in [-0.3, -0.25) is 9.69 Å². The monoisotopic (exact) mass is 360 g/mol. The van der Waals surface area contributed by atoms with E-state index in [1.165, 1.54) is 12.8 Å². The Labute approximate surface area is 155 Å². The number of nitrogens with zero attached hydrogens (tertiary/aromatic N) is 2. The maximum Gasteiger partial charge on any atom is 0.315 e. The number of likely N-dealkylation sites (tertiary alicyclic amines) is 1. The molecule has 1 aromatic carbocycles. The summed E-state index contributed by atoms with van der Waals surface area (Å²) in [6.07, 6.45) is 2.24. The van der Waals surface area contributed by atoms with Crippen molar-refractivity contribution in [2.75, 3.05) is 58.5 Å². The van der Waals surface area contributed by atoms with Gasteiger partial charge in [-0.1, -0.05) is 0 Å². The van der Waals surface area contributed by atoms with Gasteiger partial charge < -0.3 is 19.1 Å². The molecule has 1 aromatic rings. The smallest absolute Gasteiger partial charge is 0.315 e. The highest BCUT2D eigenvalue weighted by molar-refractivity contribution is 5.78. The topological polar surface area (TPSA) is 51.2 Å². The third-order valence-electron chi connectivity index (χ3n) is 6.41. The van der Waals surface area contributed by atoms with Crippen LogP contribution in [0.15, 0.2) is 24.3 Å². The zero-order valence-electron chi connectivity index (χ0n) is 15.6. The molecule has 142 valence electrons. The maximum atomic E-state index is 12.4. The molecule has 3 aliphatic heterocycles. The lowest BCUT2D eigenvalue weighted by molar-refractivity contribution is -0.153. The van der Waals surface area contributed by atoms with Gasteiger partial charge in [-0.15, -0.1) is 0 Å². The van der Waals surface area contributed by atoms with Crippen LogP contribution in [-0.2, 0) is 14.3 Å². The van der Waals surface area contributed by atoms with E-state index in [1.54, 1.807) is 7.11 Å².